The van der Waals surface area contributed by atoms with E-state index in [4.69, 9.17) is 4.74 Å². The summed E-state index contributed by atoms with van der Waals surface area (Å²) in [7, 11) is 0. The molecule has 0 rings (SSSR count). The van der Waals surface area contributed by atoms with Crippen LogP contribution >= 0.6 is 0 Å². The van der Waals surface area contributed by atoms with Gasteiger partial charge in [-0.3, -0.25) is 0 Å². The Hall–Kier alpha value is -0.0800. The Labute approximate surface area is 102 Å². The second-order valence-electron chi connectivity index (χ2n) is 4.51. The third-order valence-electron chi connectivity index (χ3n) is 3.31. The number of ether oxygens (including phenoxy) is 1. The lowest BCUT2D eigenvalue weighted by Crippen LogP contribution is -2.31. The highest BCUT2D eigenvalue weighted by Gasteiger charge is 2.12. The van der Waals surface area contributed by atoms with Gasteiger partial charge in [0, 0.05) is 19.3 Å². The molecule has 2 heteroatoms. The second-order valence-corrected chi connectivity index (χ2v) is 4.51. The van der Waals surface area contributed by atoms with E-state index in [2.05, 4.69) is 33.0 Å². The smallest absolute Gasteiger partial charge is 0.0466 e. The van der Waals surface area contributed by atoms with Crippen LogP contribution in [0.4, 0.5) is 0 Å². The van der Waals surface area contributed by atoms with Gasteiger partial charge in [-0.05, 0) is 38.6 Å². The Kier molecular flexibility index (Phi) is 11.3. The fourth-order valence-electron chi connectivity index (χ4n) is 2.19. The molecule has 0 saturated heterocycles. The molecular weight excluding hydrogens is 198 g/mol. The zero-order chi connectivity index (χ0) is 12.2. The number of hydrogen-bond acceptors (Lipinski definition) is 2. The molecule has 0 aliphatic rings. The monoisotopic (exact) mass is 229 g/mol. The Balaban J connectivity index is 3.76. The second kappa shape index (κ2) is 11.4. The molecule has 1 N–H and O–H groups in total. The van der Waals surface area contributed by atoms with E-state index >= 15 is 0 Å². The van der Waals surface area contributed by atoms with Crippen LogP contribution in [-0.4, -0.2) is 25.8 Å². The predicted octanol–water partition coefficient (Wildman–Crippen LogP) is 3.61. The Bertz CT molecular complexity index is 135. The van der Waals surface area contributed by atoms with E-state index in [0.29, 0.717) is 6.04 Å². The molecule has 0 aliphatic carbocycles. The first-order chi connectivity index (χ1) is 7.78. The summed E-state index contributed by atoms with van der Waals surface area (Å²) in [5, 5.41) is 3.60. The van der Waals surface area contributed by atoms with Crippen LogP contribution < -0.4 is 5.32 Å². The van der Waals surface area contributed by atoms with E-state index < -0.39 is 0 Å². The van der Waals surface area contributed by atoms with Gasteiger partial charge in [0.2, 0.25) is 0 Å². The van der Waals surface area contributed by atoms with Crippen molar-refractivity contribution in [2.75, 3.05) is 19.8 Å². The summed E-state index contributed by atoms with van der Waals surface area (Å²) >= 11 is 0. The summed E-state index contributed by atoms with van der Waals surface area (Å²) in [5.74, 6) is 0.885. The fourth-order valence-corrected chi connectivity index (χ4v) is 2.19. The summed E-state index contributed by atoms with van der Waals surface area (Å²) < 4.78 is 5.39. The highest BCUT2D eigenvalue weighted by Crippen LogP contribution is 2.17. The molecule has 0 aromatic heterocycles. The van der Waals surface area contributed by atoms with Crippen molar-refractivity contribution in [3.63, 3.8) is 0 Å². The topological polar surface area (TPSA) is 21.3 Å². The van der Waals surface area contributed by atoms with Crippen LogP contribution in [0.1, 0.15) is 59.8 Å². The minimum absolute atomic E-state index is 0.690. The standard InChI is InChI=1S/C14H31NO/c1-5-13(6-2)12-14(15-7-3)10-9-11-16-8-4/h13-15H,5-12H2,1-4H3. The molecule has 0 aromatic carbocycles. The van der Waals surface area contributed by atoms with Crippen molar-refractivity contribution in [2.24, 2.45) is 5.92 Å². The molecule has 1 unspecified atom stereocenters. The van der Waals surface area contributed by atoms with E-state index in [-0.39, 0.29) is 0 Å². The highest BCUT2D eigenvalue weighted by molar-refractivity contribution is 4.70. The first kappa shape index (κ1) is 15.9. The summed E-state index contributed by atoms with van der Waals surface area (Å²) in [6.07, 6.45) is 6.39. The summed E-state index contributed by atoms with van der Waals surface area (Å²) in [6, 6.07) is 0.690. The molecule has 0 saturated carbocycles. The third kappa shape index (κ3) is 8.12. The van der Waals surface area contributed by atoms with Gasteiger partial charge < -0.3 is 10.1 Å². The van der Waals surface area contributed by atoms with Crippen molar-refractivity contribution >= 4 is 0 Å². The van der Waals surface area contributed by atoms with Gasteiger partial charge >= 0.3 is 0 Å². The molecule has 16 heavy (non-hydrogen) atoms. The molecule has 0 aromatic rings. The summed E-state index contributed by atoms with van der Waals surface area (Å²) in [6.45, 7) is 11.7. The van der Waals surface area contributed by atoms with Crippen LogP contribution in [0.15, 0.2) is 0 Å². The van der Waals surface area contributed by atoms with Gasteiger partial charge in [-0.15, -0.1) is 0 Å². The molecule has 0 spiro atoms. The minimum atomic E-state index is 0.690. The molecule has 0 bridgehead atoms. The fraction of sp³-hybridized carbons (Fsp3) is 1.00. The van der Waals surface area contributed by atoms with E-state index in [1.165, 1.54) is 32.1 Å². The molecule has 0 radical (unpaired) electrons. The maximum atomic E-state index is 5.39. The van der Waals surface area contributed by atoms with Crippen LogP contribution in [0.5, 0.6) is 0 Å². The van der Waals surface area contributed by atoms with Crippen LogP contribution in [0, 0.1) is 5.92 Å². The van der Waals surface area contributed by atoms with Crippen LogP contribution in [-0.2, 0) is 4.74 Å². The van der Waals surface area contributed by atoms with Gasteiger partial charge in [0.05, 0.1) is 0 Å². The van der Waals surface area contributed by atoms with Gasteiger partial charge in [-0.25, -0.2) is 0 Å². The van der Waals surface area contributed by atoms with Crippen molar-refractivity contribution in [3.8, 4) is 0 Å². The van der Waals surface area contributed by atoms with Crippen molar-refractivity contribution in [2.45, 2.75) is 65.8 Å². The largest absolute Gasteiger partial charge is 0.382 e. The Morgan fingerprint density at radius 2 is 1.75 bits per heavy atom. The molecule has 2 nitrogen and oxygen atoms in total. The molecule has 0 fully saturated rings. The average molecular weight is 229 g/mol. The van der Waals surface area contributed by atoms with E-state index in [0.717, 1.165) is 25.7 Å². The van der Waals surface area contributed by atoms with Crippen molar-refractivity contribution in [3.05, 3.63) is 0 Å². The van der Waals surface area contributed by atoms with Crippen molar-refractivity contribution in [1.29, 1.82) is 0 Å². The Morgan fingerprint density at radius 1 is 1.06 bits per heavy atom. The molecule has 0 amide bonds. The van der Waals surface area contributed by atoms with Gasteiger partial charge in [0.25, 0.3) is 0 Å². The van der Waals surface area contributed by atoms with E-state index in [1.807, 2.05) is 0 Å². The molecule has 0 aliphatic heterocycles. The number of hydrogen-bond donors (Lipinski definition) is 1. The lowest BCUT2D eigenvalue weighted by Gasteiger charge is -2.22. The Morgan fingerprint density at radius 3 is 2.25 bits per heavy atom. The van der Waals surface area contributed by atoms with Crippen molar-refractivity contribution in [1.82, 2.24) is 5.32 Å². The predicted molar refractivity (Wildman–Crippen MR) is 71.9 cm³/mol. The highest BCUT2D eigenvalue weighted by atomic mass is 16.5. The molecule has 98 valence electrons. The SMILES string of the molecule is CCNC(CCCOCC)CC(CC)CC. The average Bonchev–Trinajstić information content (AvgIpc) is 2.31. The lowest BCUT2D eigenvalue weighted by molar-refractivity contribution is 0.139. The zero-order valence-corrected chi connectivity index (χ0v) is 11.7. The summed E-state index contributed by atoms with van der Waals surface area (Å²) in [4.78, 5) is 0. The number of nitrogens with one attached hydrogen (secondary N) is 1. The zero-order valence-electron chi connectivity index (χ0n) is 11.7. The van der Waals surface area contributed by atoms with Crippen LogP contribution in [0.2, 0.25) is 0 Å². The quantitative estimate of drug-likeness (QED) is 0.547. The van der Waals surface area contributed by atoms with Crippen LogP contribution in [0.25, 0.3) is 0 Å². The van der Waals surface area contributed by atoms with Crippen molar-refractivity contribution < 1.29 is 4.74 Å². The number of rotatable bonds is 11. The van der Waals surface area contributed by atoms with Gasteiger partial charge in [-0.2, -0.15) is 0 Å². The normalized spacial score (nSPS) is 13.3. The van der Waals surface area contributed by atoms with Gasteiger partial charge in [0.15, 0.2) is 0 Å². The maximum Gasteiger partial charge on any atom is 0.0466 e. The van der Waals surface area contributed by atoms with E-state index in [9.17, 15) is 0 Å². The molecule has 0 heterocycles. The van der Waals surface area contributed by atoms with Gasteiger partial charge in [0.1, 0.15) is 0 Å². The third-order valence-corrected chi connectivity index (χ3v) is 3.31. The lowest BCUT2D eigenvalue weighted by atomic mass is 9.92. The van der Waals surface area contributed by atoms with Gasteiger partial charge in [-0.1, -0.05) is 33.6 Å². The minimum Gasteiger partial charge on any atom is -0.382 e. The first-order valence-electron chi connectivity index (χ1n) is 7.09. The summed E-state index contributed by atoms with van der Waals surface area (Å²) in [5.41, 5.74) is 0. The van der Waals surface area contributed by atoms with Crippen LogP contribution in [0.3, 0.4) is 0 Å². The molecular formula is C14H31NO. The van der Waals surface area contributed by atoms with E-state index in [1.54, 1.807) is 0 Å². The molecule has 1 atom stereocenters. The maximum absolute atomic E-state index is 5.39. The first-order valence-corrected chi connectivity index (χ1v) is 7.09.